The molecular weight excluding hydrogens is 196 g/mol. The molecule has 1 aliphatic rings. The molecule has 2 heterocycles. The summed E-state index contributed by atoms with van der Waals surface area (Å²) in [7, 11) is 0. The second kappa shape index (κ2) is 4.00. The number of carboxylic acid groups (broad SMARTS) is 1. The van der Waals surface area contributed by atoms with E-state index in [1.54, 1.807) is 12.3 Å². The second-order valence-corrected chi connectivity index (χ2v) is 3.07. The molecule has 0 fully saturated rings. The van der Waals surface area contributed by atoms with Gasteiger partial charge >= 0.3 is 5.97 Å². The summed E-state index contributed by atoms with van der Waals surface area (Å²) in [5.74, 6) is -0.411. The minimum atomic E-state index is -0.975. The highest BCUT2D eigenvalue weighted by Crippen LogP contribution is 2.25. The Balaban J connectivity index is 2.24. The van der Waals surface area contributed by atoms with E-state index in [0.717, 1.165) is 23.9 Å². The summed E-state index contributed by atoms with van der Waals surface area (Å²) >= 11 is 0. The van der Waals surface area contributed by atoms with Gasteiger partial charge in [0.15, 0.2) is 0 Å². The quantitative estimate of drug-likeness (QED) is 0.706. The number of rotatable bonds is 2. The third-order valence-electron chi connectivity index (χ3n) is 1.95. The molecule has 0 unspecified atom stereocenters. The lowest BCUT2D eigenvalue weighted by Gasteiger charge is -2.17. The summed E-state index contributed by atoms with van der Waals surface area (Å²) < 4.78 is 5.29. The van der Waals surface area contributed by atoms with Gasteiger partial charge in [0.05, 0.1) is 5.69 Å². The van der Waals surface area contributed by atoms with Gasteiger partial charge in [-0.2, -0.15) is 0 Å². The van der Waals surface area contributed by atoms with Gasteiger partial charge in [-0.3, -0.25) is 0 Å². The number of fused-ring (bicyclic) bond motifs is 1. The van der Waals surface area contributed by atoms with Crippen molar-refractivity contribution in [2.24, 2.45) is 0 Å². The molecule has 0 radical (unpaired) electrons. The molecule has 2 N–H and O–H groups in total. The third-order valence-corrected chi connectivity index (χ3v) is 1.95. The Hall–Kier alpha value is -2.04. The van der Waals surface area contributed by atoms with E-state index < -0.39 is 5.97 Å². The minimum absolute atomic E-state index is 0.564. The van der Waals surface area contributed by atoms with Crippen LogP contribution in [0.25, 0.3) is 6.08 Å². The number of carbonyl (C=O) groups is 1. The lowest BCUT2D eigenvalue weighted by molar-refractivity contribution is -0.131. The molecule has 15 heavy (non-hydrogen) atoms. The van der Waals surface area contributed by atoms with Crippen LogP contribution in [0.4, 0.5) is 5.69 Å². The van der Waals surface area contributed by atoms with Crippen LogP contribution in [0.2, 0.25) is 0 Å². The fourth-order valence-corrected chi connectivity index (χ4v) is 1.30. The molecule has 5 heteroatoms. The smallest absolute Gasteiger partial charge is 0.328 e. The molecule has 2 rings (SSSR count). The first-order valence-corrected chi connectivity index (χ1v) is 4.53. The highest BCUT2D eigenvalue weighted by atomic mass is 16.5. The number of nitrogens with zero attached hydrogens (tertiary/aromatic N) is 1. The van der Waals surface area contributed by atoms with Crippen molar-refractivity contribution in [3.63, 3.8) is 0 Å². The number of ether oxygens (including phenoxy) is 1. The van der Waals surface area contributed by atoms with Crippen LogP contribution < -0.4 is 10.1 Å². The molecule has 0 saturated heterocycles. The first-order valence-electron chi connectivity index (χ1n) is 4.53. The molecule has 0 amide bonds. The van der Waals surface area contributed by atoms with Crippen molar-refractivity contribution < 1.29 is 14.6 Å². The highest BCUT2D eigenvalue weighted by molar-refractivity contribution is 5.85. The summed E-state index contributed by atoms with van der Waals surface area (Å²) in [4.78, 5) is 14.4. The van der Waals surface area contributed by atoms with Crippen molar-refractivity contribution in [1.82, 2.24) is 4.98 Å². The maximum Gasteiger partial charge on any atom is 0.328 e. The highest BCUT2D eigenvalue weighted by Gasteiger charge is 2.10. The Labute approximate surface area is 86.4 Å². The summed E-state index contributed by atoms with van der Waals surface area (Å²) in [5, 5.41) is 11.6. The molecule has 0 aliphatic carbocycles. The number of carboxylic acids is 1. The molecule has 78 valence electrons. The van der Waals surface area contributed by atoms with Gasteiger partial charge in [-0.05, 0) is 17.7 Å². The third kappa shape index (κ3) is 2.25. The van der Waals surface area contributed by atoms with Gasteiger partial charge < -0.3 is 15.2 Å². The molecule has 0 spiro atoms. The van der Waals surface area contributed by atoms with Gasteiger partial charge in [0.1, 0.15) is 6.61 Å². The minimum Gasteiger partial charge on any atom is -0.478 e. The van der Waals surface area contributed by atoms with Gasteiger partial charge in [0, 0.05) is 18.8 Å². The summed E-state index contributed by atoms with van der Waals surface area (Å²) in [6.07, 6.45) is 4.14. The Morgan fingerprint density at radius 3 is 3.33 bits per heavy atom. The number of hydrogen-bond acceptors (Lipinski definition) is 4. The second-order valence-electron chi connectivity index (χ2n) is 3.07. The van der Waals surface area contributed by atoms with Crippen molar-refractivity contribution in [2.75, 3.05) is 18.5 Å². The van der Waals surface area contributed by atoms with Crippen molar-refractivity contribution in [3.05, 3.63) is 23.9 Å². The van der Waals surface area contributed by atoms with E-state index in [1.807, 2.05) is 0 Å². The summed E-state index contributed by atoms with van der Waals surface area (Å²) in [6, 6.07) is 1.81. The van der Waals surface area contributed by atoms with E-state index in [1.165, 1.54) is 6.08 Å². The van der Waals surface area contributed by atoms with Crippen LogP contribution in [0.15, 0.2) is 18.3 Å². The number of anilines is 1. The first-order chi connectivity index (χ1) is 7.25. The maximum absolute atomic E-state index is 10.3. The predicted molar refractivity (Wildman–Crippen MR) is 54.9 cm³/mol. The SMILES string of the molecule is O=C(O)/C=C/c1cnc2c(c1)NCCO2. The number of aromatic nitrogens is 1. The number of nitrogens with one attached hydrogen (secondary N) is 1. The lowest BCUT2D eigenvalue weighted by atomic mass is 10.2. The van der Waals surface area contributed by atoms with Crippen LogP contribution in [0.5, 0.6) is 5.88 Å². The number of aliphatic carboxylic acids is 1. The van der Waals surface area contributed by atoms with Gasteiger partial charge in [0.25, 0.3) is 0 Å². The van der Waals surface area contributed by atoms with Crippen LogP contribution >= 0.6 is 0 Å². The van der Waals surface area contributed by atoms with Crippen molar-refractivity contribution >= 4 is 17.7 Å². The Morgan fingerprint density at radius 1 is 1.67 bits per heavy atom. The average Bonchev–Trinajstić information content (AvgIpc) is 2.26. The van der Waals surface area contributed by atoms with E-state index in [4.69, 9.17) is 9.84 Å². The molecule has 1 aromatic heterocycles. The maximum atomic E-state index is 10.3. The van der Waals surface area contributed by atoms with Gasteiger partial charge in [-0.15, -0.1) is 0 Å². The number of pyridine rings is 1. The van der Waals surface area contributed by atoms with E-state index >= 15 is 0 Å². The fraction of sp³-hybridized carbons (Fsp3) is 0.200. The van der Waals surface area contributed by atoms with Crippen LogP contribution in [0.3, 0.4) is 0 Å². The zero-order valence-electron chi connectivity index (χ0n) is 7.93. The van der Waals surface area contributed by atoms with Gasteiger partial charge in [-0.25, -0.2) is 9.78 Å². The molecule has 5 nitrogen and oxygen atoms in total. The standard InChI is InChI=1S/C10H10N2O3/c13-9(14)2-1-7-5-8-10(12-6-7)15-4-3-11-8/h1-2,5-6,11H,3-4H2,(H,13,14)/b2-1+. The Bertz CT molecular complexity index is 415. The zero-order valence-corrected chi connectivity index (χ0v) is 7.93. The lowest BCUT2D eigenvalue weighted by Crippen LogP contribution is -2.18. The topological polar surface area (TPSA) is 71.5 Å². The number of hydrogen-bond donors (Lipinski definition) is 2. The first kappa shape index (κ1) is 9.51. The molecular formula is C10H10N2O3. The summed E-state index contributed by atoms with van der Waals surface area (Å²) in [6.45, 7) is 1.34. The molecule has 0 atom stereocenters. The summed E-state index contributed by atoms with van der Waals surface area (Å²) in [5.41, 5.74) is 1.53. The normalized spacial score (nSPS) is 14.1. The van der Waals surface area contributed by atoms with Crippen LogP contribution in [-0.4, -0.2) is 29.2 Å². The van der Waals surface area contributed by atoms with E-state index in [9.17, 15) is 4.79 Å². The van der Waals surface area contributed by atoms with E-state index in [0.29, 0.717) is 12.5 Å². The molecule has 1 aliphatic heterocycles. The van der Waals surface area contributed by atoms with E-state index in [-0.39, 0.29) is 0 Å². The van der Waals surface area contributed by atoms with E-state index in [2.05, 4.69) is 10.3 Å². The van der Waals surface area contributed by atoms with Crippen LogP contribution in [-0.2, 0) is 4.79 Å². The fourth-order valence-electron chi connectivity index (χ4n) is 1.30. The molecule has 1 aromatic rings. The van der Waals surface area contributed by atoms with Gasteiger partial charge in [0.2, 0.25) is 5.88 Å². The average molecular weight is 206 g/mol. The van der Waals surface area contributed by atoms with Gasteiger partial charge in [-0.1, -0.05) is 0 Å². The molecule has 0 aromatic carbocycles. The molecule has 0 bridgehead atoms. The van der Waals surface area contributed by atoms with Crippen molar-refractivity contribution in [1.29, 1.82) is 0 Å². The zero-order chi connectivity index (χ0) is 10.7. The van der Waals surface area contributed by atoms with Crippen LogP contribution in [0, 0.1) is 0 Å². The van der Waals surface area contributed by atoms with Crippen molar-refractivity contribution in [3.8, 4) is 5.88 Å². The largest absolute Gasteiger partial charge is 0.478 e. The Morgan fingerprint density at radius 2 is 2.53 bits per heavy atom. The van der Waals surface area contributed by atoms with Crippen LogP contribution in [0.1, 0.15) is 5.56 Å². The van der Waals surface area contributed by atoms with Crippen molar-refractivity contribution in [2.45, 2.75) is 0 Å². The Kier molecular flexibility index (Phi) is 2.53. The molecule has 0 saturated carbocycles. The predicted octanol–water partition coefficient (Wildman–Crippen LogP) is 0.984. The monoisotopic (exact) mass is 206 g/mol.